The number of carbonyl (C=O) groups is 1. The number of rotatable bonds is 2. The molecule has 0 saturated heterocycles. The quantitative estimate of drug-likeness (QED) is 0.692. The van der Waals surface area contributed by atoms with Gasteiger partial charge in [-0.2, -0.15) is 0 Å². The largest absolute Gasteiger partial charge is 0.306 e. The van der Waals surface area contributed by atoms with Gasteiger partial charge in [0.05, 0.1) is 17.1 Å². The fourth-order valence-electron chi connectivity index (χ4n) is 3.04. The van der Waals surface area contributed by atoms with Crippen molar-refractivity contribution in [1.82, 2.24) is 9.97 Å². The molecule has 1 aromatic carbocycles. The number of benzene rings is 1. The summed E-state index contributed by atoms with van der Waals surface area (Å²) in [6.07, 6.45) is 3.55. The Balaban J connectivity index is 1.69. The third kappa shape index (κ3) is 2.93. The molecular weight excluding hydrogens is 337 g/mol. The van der Waals surface area contributed by atoms with Crippen LogP contribution in [-0.4, -0.2) is 22.4 Å². The molecule has 0 radical (unpaired) electrons. The van der Waals surface area contributed by atoms with Gasteiger partial charge in [0.1, 0.15) is 15.7 Å². The van der Waals surface area contributed by atoms with Crippen LogP contribution in [0.5, 0.6) is 0 Å². The molecule has 2 aromatic heterocycles. The number of aromatic nitrogens is 2. The van der Waals surface area contributed by atoms with E-state index in [0.717, 1.165) is 34.8 Å². The topological polar surface area (TPSA) is 46.1 Å². The summed E-state index contributed by atoms with van der Waals surface area (Å²) in [6, 6.07) is 9.97. The summed E-state index contributed by atoms with van der Waals surface area (Å²) in [5.74, 6) is -0.330. The molecule has 3 heterocycles. The number of amides is 1. The van der Waals surface area contributed by atoms with E-state index >= 15 is 0 Å². The zero-order chi connectivity index (χ0) is 17.4. The maximum absolute atomic E-state index is 13.1. The van der Waals surface area contributed by atoms with Crippen LogP contribution in [0, 0.1) is 12.7 Å². The second-order valence-electron chi connectivity index (χ2n) is 5.97. The fraction of sp³-hybridized carbons (Fsp3) is 0.211. The zero-order valence-corrected chi connectivity index (χ0v) is 14.5. The lowest BCUT2D eigenvalue weighted by atomic mass is 10.1. The van der Waals surface area contributed by atoms with Crippen molar-refractivity contribution < 1.29 is 9.18 Å². The van der Waals surface area contributed by atoms with E-state index in [1.54, 1.807) is 23.2 Å². The molecule has 0 saturated carbocycles. The summed E-state index contributed by atoms with van der Waals surface area (Å²) >= 11 is 1.35. The number of nitrogens with zero attached hydrogens (tertiary/aromatic N) is 3. The highest BCUT2D eigenvalue weighted by atomic mass is 32.1. The SMILES string of the molecule is Cc1nc(-c2ccc(F)cc2)sc1C(=O)N1CCCc2ncccc21. The smallest absolute Gasteiger partial charge is 0.270 e. The van der Waals surface area contributed by atoms with Crippen LogP contribution in [0.4, 0.5) is 10.1 Å². The summed E-state index contributed by atoms with van der Waals surface area (Å²) in [4.78, 5) is 24.4. The number of hydrogen-bond acceptors (Lipinski definition) is 4. The number of carbonyl (C=O) groups excluding carboxylic acids is 1. The van der Waals surface area contributed by atoms with E-state index in [1.165, 1.54) is 23.5 Å². The molecule has 0 atom stereocenters. The van der Waals surface area contributed by atoms with E-state index < -0.39 is 0 Å². The van der Waals surface area contributed by atoms with Crippen molar-refractivity contribution in [1.29, 1.82) is 0 Å². The van der Waals surface area contributed by atoms with Gasteiger partial charge in [-0.05, 0) is 56.2 Å². The van der Waals surface area contributed by atoms with Crippen molar-refractivity contribution in [2.75, 3.05) is 11.4 Å². The first-order valence-electron chi connectivity index (χ1n) is 8.12. The molecule has 3 aromatic rings. The third-order valence-corrected chi connectivity index (χ3v) is 5.47. The second kappa shape index (κ2) is 6.37. The molecule has 1 aliphatic rings. The Morgan fingerprint density at radius 2 is 2.04 bits per heavy atom. The molecule has 0 bridgehead atoms. The van der Waals surface area contributed by atoms with Gasteiger partial charge >= 0.3 is 0 Å². The lowest BCUT2D eigenvalue weighted by molar-refractivity contribution is 0.0988. The molecule has 6 heteroatoms. The van der Waals surface area contributed by atoms with E-state index in [-0.39, 0.29) is 11.7 Å². The van der Waals surface area contributed by atoms with Crippen LogP contribution < -0.4 is 4.90 Å². The zero-order valence-electron chi connectivity index (χ0n) is 13.7. The van der Waals surface area contributed by atoms with Gasteiger partial charge in [0.15, 0.2) is 0 Å². The molecule has 1 amide bonds. The van der Waals surface area contributed by atoms with E-state index in [2.05, 4.69) is 9.97 Å². The molecule has 4 rings (SSSR count). The Bertz CT molecular complexity index is 936. The number of fused-ring (bicyclic) bond motifs is 1. The van der Waals surface area contributed by atoms with Crippen molar-refractivity contribution in [2.45, 2.75) is 19.8 Å². The van der Waals surface area contributed by atoms with Crippen LogP contribution in [-0.2, 0) is 6.42 Å². The predicted molar refractivity (Wildman–Crippen MR) is 96.5 cm³/mol. The minimum Gasteiger partial charge on any atom is -0.306 e. The first-order valence-corrected chi connectivity index (χ1v) is 8.94. The summed E-state index contributed by atoms with van der Waals surface area (Å²) in [6.45, 7) is 2.52. The Labute approximate surface area is 149 Å². The number of hydrogen-bond donors (Lipinski definition) is 0. The maximum Gasteiger partial charge on any atom is 0.270 e. The van der Waals surface area contributed by atoms with Gasteiger partial charge in [0, 0.05) is 18.3 Å². The number of aryl methyl sites for hydroxylation is 2. The summed E-state index contributed by atoms with van der Waals surface area (Å²) < 4.78 is 13.1. The normalized spacial score (nSPS) is 13.6. The number of thiazole rings is 1. The molecule has 0 spiro atoms. The first-order chi connectivity index (χ1) is 12.1. The van der Waals surface area contributed by atoms with Gasteiger partial charge in [-0.15, -0.1) is 11.3 Å². The molecule has 1 aliphatic heterocycles. The summed E-state index contributed by atoms with van der Waals surface area (Å²) in [5.41, 5.74) is 3.36. The van der Waals surface area contributed by atoms with Crippen LogP contribution >= 0.6 is 11.3 Å². The van der Waals surface area contributed by atoms with Crippen molar-refractivity contribution in [2.24, 2.45) is 0 Å². The van der Waals surface area contributed by atoms with Gasteiger partial charge < -0.3 is 4.90 Å². The van der Waals surface area contributed by atoms with Gasteiger partial charge in [-0.25, -0.2) is 9.37 Å². The Morgan fingerprint density at radius 3 is 2.84 bits per heavy atom. The molecule has 0 aliphatic carbocycles. The van der Waals surface area contributed by atoms with Crippen molar-refractivity contribution >= 4 is 22.9 Å². The van der Waals surface area contributed by atoms with Crippen LogP contribution in [0.1, 0.15) is 27.5 Å². The van der Waals surface area contributed by atoms with Crippen LogP contribution in [0.15, 0.2) is 42.6 Å². The highest BCUT2D eigenvalue weighted by molar-refractivity contribution is 7.17. The van der Waals surface area contributed by atoms with Crippen LogP contribution in [0.2, 0.25) is 0 Å². The number of anilines is 1. The van der Waals surface area contributed by atoms with Gasteiger partial charge in [0.2, 0.25) is 0 Å². The molecule has 0 unspecified atom stereocenters. The standard InChI is InChI=1S/C19H16FN3OS/c1-12-17(25-18(22-12)13-6-8-14(20)9-7-13)19(24)23-11-3-4-15-16(23)5-2-10-21-15/h2,5-10H,3-4,11H2,1H3. The van der Waals surface area contributed by atoms with Gasteiger partial charge in [-0.1, -0.05) is 0 Å². The lowest BCUT2D eigenvalue weighted by Crippen LogP contribution is -2.35. The number of pyridine rings is 1. The third-order valence-electron chi connectivity index (χ3n) is 4.28. The second-order valence-corrected chi connectivity index (χ2v) is 6.97. The fourth-order valence-corrected chi connectivity index (χ4v) is 4.06. The molecular formula is C19H16FN3OS. The molecule has 126 valence electrons. The average molecular weight is 353 g/mol. The van der Waals surface area contributed by atoms with Crippen molar-refractivity contribution in [3.05, 3.63) is 64.7 Å². The van der Waals surface area contributed by atoms with E-state index in [1.807, 2.05) is 19.1 Å². The number of halogens is 1. The molecule has 25 heavy (non-hydrogen) atoms. The highest BCUT2D eigenvalue weighted by Gasteiger charge is 2.27. The monoisotopic (exact) mass is 353 g/mol. The predicted octanol–water partition coefficient (Wildman–Crippen LogP) is 4.25. The van der Waals surface area contributed by atoms with E-state index in [9.17, 15) is 9.18 Å². The van der Waals surface area contributed by atoms with Gasteiger partial charge in [-0.3, -0.25) is 9.78 Å². The Kier molecular flexibility index (Phi) is 4.05. The minimum absolute atomic E-state index is 0.0442. The Morgan fingerprint density at radius 1 is 1.24 bits per heavy atom. The molecule has 4 nitrogen and oxygen atoms in total. The van der Waals surface area contributed by atoms with Gasteiger partial charge in [0.25, 0.3) is 5.91 Å². The van der Waals surface area contributed by atoms with Crippen molar-refractivity contribution in [3.8, 4) is 10.6 Å². The maximum atomic E-state index is 13.1. The highest BCUT2D eigenvalue weighted by Crippen LogP contribution is 2.32. The molecule has 0 fully saturated rings. The van der Waals surface area contributed by atoms with Crippen LogP contribution in [0.3, 0.4) is 0 Å². The molecule has 0 N–H and O–H groups in total. The summed E-state index contributed by atoms with van der Waals surface area (Å²) in [5, 5.41) is 0.726. The van der Waals surface area contributed by atoms with E-state index in [0.29, 0.717) is 17.1 Å². The minimum atomic E-state index is -0.286. The summed E-state index contributed by atoms with van der Waals surface area (Å²) in [7, 11) is 0. The average Bonchev–Trinajstić information content (AvgIpc) is 3.03. The first kappa shape index (κ1) is 15.9. The Hall–Kier alpha value is -2.60. The van der Waals surface area contributed by atoms with E-state index in [4.69, 9.17) is 0 Å². The van der Waals surface area contributed by atoms with Crippen molar-refractivity contribution in [3.63, 3.8) is 0 Å². The lowest BCUT2D eigenvalue weighted by Gasteiger charge is -2.28. The van der Waals surface area contributed by atoms with Crippen LogP contribution in [0.25, 0.3) is 10.6 Å².